The van der Waals surface area contributed by atoms with Crippen LogP contribution < -0.4 is 4.74 Å². The molecule has 0 unspecified atom stereocenters. The number of amides is 2. The molecule has 1 aliphatic rings. The molecule has 0 saturated carbocycles. The van der Waals surface area contributed by atoms with Crippen molar-refractivity contribution >= 4 is 39.8 Å². The van der Waals surface area contributed by atoms with Gasteiger partial charge in [-0.3, -0.25) is 14.4 Å². The van der Waals surface area contributed by atoms with Crippen LogP contribution in [0.15, 0.2) is 66.0 Å². The van der Waals surface area contributed by atoms with Crippen molar-refractivity contribution < 1.29 is 19.1 Å². The van der Waals surface area contributed by atoms with Crippen LogP contribution in [0.1, 0.15) is 20.7 Å². The molecule has 0 aliphatic carbocycles. The number of methoxy groups -OCH3 is 1. The van der Waals surface area contributed by atoms with E-state index in [9.17, 15) is 14.4 Å². The zero-order valence-electron chi connectivity index (χ0n) is 18.1. The number of aromatic amines is 1. The highest BCUT2D eigenvalue weighted by Gasteiger charge is 2.29. The lowest BCUT2D eigenvalue weighted by molar-refractivity contribution is -0.124. The Hall–Kier alpha value is -4.31. The quantitative estimate of drug-likeness (QED) is 0.352. The minimum atomic E-state index is -0.696. The highest BCUT2D eigenvalue weighted by atomic mass is 32.1. The van der Waals surface area contributed by atoms with Crippen molar-refractivity contribution in [3.63, 3.8) is 0 Å². The molecule has 1 aromatic carbocycles. The third-order valence-corrected chi connectivity index (χ3v) is 6.15. The van der Waals surface area contributed by atoms with E-state index in [2.05, 4.69) is 15.0 Å². The van der Waals surface area contributed by atoms with Gasteiger partial charge in [-0.1, -0.05) is 18.2 Å². The summed E-state index contributed by atoms with van der Waals surface area (Å²) in [4.78, 5) is 53.5. The normalized spacial score (nSPS) is 13.3. The number of benzene rings is 1. The van der Waals surface area contributed by atoms with Crippen molar-refractivity contribution in [3.8, 4) is 17.1 Å². The summed E-state index contributed by atoms with van der Waals surface area (Å²) in [6.07, 6.45) is 5.98. The number of Topliss-reactive ketones (excluding diaryl/α,β-unsaturated/α-hetero) is 1. The second kappa shape index (κ2) is 8.91. The first-order chi connectivity index (χ1) is 16.6. The van der Waals surface area contributed by atoms with Gasteiger partial charge in [0.25, 0.3) is 17.6 Å². The molecule has 170 valence electrons. The molecule has 3 aromatic heterocycles. The first-order valence-electron chi connectivity index (χ1n) is 10.4. The number of rotatable bonds is 5. The Morgan fingerprint density at radius 3 is 2.50 bits per heavy atom. The van der Waals surface area contributed by atoms with Crippen LogP contribution in [-0.2, 0) is 4.79 Å². The summed E-state index contributed by atoms with van der Waals surface area (Å²) in [6.45, 7) is 0.475. The van der Waals surface area contributed by atoms with Crippen molar-refractivity contribution in [1.29, 1.82) is 0 Å². The van der Waals surface area contributed by atoms with Crippen LogP contribution in [0.2, 0.25) is 0 Å². The van der Waals surface area contributed by atoms with Crippen molar-refractivity contribution in [2.45, 2.75) is 0 Å². The number of hydrogen-bond acceptors (Lipinski definition) is 7. The molecule has 0 saturated heterocycles. The van der Waals surface area contributed by atoms with Gasteiger partial charge in [0.05, 0.1) is 35.3 Å². The predicted molar refractivity (Wildman–Crippen MR) is 126 cm³/mol. The maximum absolute atomic E-state index is 13.2. The minimum absolute atomic E-state index is 0.168. The number of pyridine rings is 1. The Balaban J connectivity index is 1.41. The summed E-state index contributed by atoms with van der Waals surface area (Å²) in [6, 6.07) is 8.89. The van der Waals surface area contributed by atoms with Gasteiger partial charge in [-0.15, -0.1) is 11.3 Å². The lowest BCUT2D eigenvalue weighted by Crippen LogP contribution is -2.42. The van der Waals surface area contributed by atoms with Crippen molar-refractivity contribution in [2.75, 3.05) is 20.2 Å². The largest absolute Gasteiger partial charge is 0.494 e. The number of carbonyl (C=O) groups is 3. The second-order valence-electron chi connectivity index (χ2n) is 7.49. The van der Waals surface area contributed by atoms with Crippen LogP contribution in [0.5, 0.6) is 5.75 Å². The van der Waals surface area contributed by atoms with E-state index < -0.39 is 11.7 Å². The maximum Gasteiger partial charge on any atom is 0.299 e. The molecule has 34 heavy (non-hydrogen) atoms. The number of fused-ring (bicyclic) bond motifs is 1. The standard InChI is InChI=1S/C24H19N5O4S/c1-33-18-12-26-20(17-13-34-14-27-17)21-19(18)16(11-25-21)22(30)24(32)29-9-7-28(8-10-29)23(31)15-5-3-2-4-6-15/h2-7,9,11-14,25H,8,10H2,1H3. The molecule has 1 aliphatic heterocycles. The average Bonchev–Trinajstić information content (AvgIpc) is 3.58. The Morgan fingerprint density at radius 1 is 1.06 bits per heavy atom. The number of hydrogen-bond donors (Lipinski definition) is 1. The fraction of sp³-hybridized carbons (Fsp3) is 0.125. The summed E-state index contributed by atoms with van der Waals surface area (Å²) in [5.41, 5.74) is 4.23. The summed E-state index contributed by atoms with van der Waals surface area (Å²) in [5, 5.41) is 2.32. The summed E-state index contributed by atoms with van der Waals surface area (Å²) >= 11 is 1.43. The molecule has 0 atom stereocenters. The number of aromatic nitrogens is 3. The molecule has 0 fully saturated rings. The van der Waals surface area contributed by atoms with E-state index in [0.717, 1.165) is 0 Å². The Kier molecular flexibility index (Phi) is 5.64. The van der Waals surface area contributed by atoms with E-state index in [0.29, 0.717) is 33.6 Å². The first-order valence-corrected chi connectivity index (χ1v) is 11.3. The van der Waals surface area contributed by atoms with Gasteiger partial charge >= 0.3 is 0 Å². The number of ketones is 1. The smallest absolute Gasteiger partial charge is 0.299 e. The molecule has 0 bridgehead atoms. The molecule has 4 heterocycles. The fourth-order valence-corrected chi connectivity index (χ4v) is 4.37. The lowest BCUT2D eigenvalue weighted by Gasteiger charge is -2.28. The number of carbonyl (C=O) groups excluding carboxylic acids is 3. The Labute approximate surface area is 198 Å². The van der Waals surface area contributed by atoms with Gasteiger partial charge in [-0.25, -0.2) is 9.97 Å². The molecule has 4 aromatic rings. The maximum atomic E-state index is 13.2. The Bertz CT molecular complexity index is 1410. The van der Waals surface area contributed by atoms with Crippen molar-refractivity contribution in [3.05, 3.63) is 77.1 Å². The molecule has 10 heteroatoms. The summed E-state index contributed by atoms with van der Waals surface area (Å²) in [5.74, 6) is -1.18. The van der Waals surface area contributed by atoms with Crippen LogP contribution in [0, 0.1) is 0 Å². The van der Waals surface area contributed by atoms with Gasteiger partial charge in [0.2, 0.25) is 0 Å². The highest BCUT2D eigenvalue weighted by Crippen LogP contribution is 2.34. The molecule has 0 spiro atoms. The van der Waals surface area contributed by atoms with Gasteiger partial charge < -0.3 is 19.5 Å². The number of nitrogens with zero attached hydrogens (tertiary/aromatic N) is 4. The molecular formula is C24H19N5O4S. The van der Waals surface area contributed by atoms with Gasteiger partial charge in [0.15, 0.2) is 0 Å². The van der Waals surface area contributed by atoms with Crippen LogP contribution in [-0.4, -0.2) is 62.5 Å². The third kappa shape index (κ3) is 3.73. The molecular weight excluding hydrogens is 454 g/mol. The van der Waals surface area contributed by atoms with E-state index in [1.54, 1.807) is 29.8 Å². The topological polar surface area (TPSA) is 108 Å². The third-order valence-electron chi connectivity index (χ3n) is 5.56. The van der Waals surface area contributed by atoms with Crippen molar-refractivity contribution in [2.24, 2.45) is 0 Å². The Morgan fingerprint density at radius 2 is 1.82 bits per heavy atom. The van der Waals surface area contributed by atoms with Gasteiger partial charge in [-0.2, -0.15) is 0 Å². The fourth-order valence-electron chi connectivity index (χ4n) is 3.83. The summed E-state index contributed by atoms with van der Waals surface area (Å²) in [7, 11) is 1.48. The molecule has 1 N–H and O–H groups in total. The van der Waals surface area contributed by atoms with E-state index in [4.69, 9.17) is 4.74 Å². The van der Waals surface area contributed by atoms with E-state index in [1.165, 1.54) is 53.0 Å². The van der Waals surface area contributed by atoms with E-state index in [-0.39, 0.29) is 24.6 Å². The SMILES string of the molecule is COc1cnc(-c2cscn2)c2[nH]cc(C(=O)C(=O)N3C=CN(C(=O)c4ccccc4)CC3)c12. The zero-order valence-corrected chi connectivity index (χ0v) is 18.9. The zero-order chi connectivity index (χ0) is 23.7. The molecule has 9 nitrogen and oxygen atoms in total. The monoisotopic (exact) mass is 473 g/mol. The average molecular weight is 474 g/mol. The van der Waals surface area contributed by atoms with Gasteiger partial charge in [0, 0.05) is 42.6 Å². The first kappa shape index (κ1) is 21.5. The van der Waals surface area contributed by atoms with Crippen LogP contribution in [0.3, 0.4) is 0 Å². The van der Waals surface area contributed by atoms with E-state index in [1.807, 2.05) is 11.4 Å². The number of ether oxygens (including phenoxy) is 1. The molecule has 2 amide bonds. The number of thiazole rings is 1. The van der Waals surface area contributed by atoms with Crippen LogP contribution >= 0.6 is 11.3 Å². The molecule has 0 radical (unpaired) electrons. The lowest BCUT2D eigenvalue weighted by atomic mass is 10.1. The number of H-pyrrole nitrogens is 1. The van der Waals surface area contributed by atoms with Gasteiger partial charge in [-0.05, 0) is 12.1 Å². The van der Waals surface area contributed by atoms with Gasteiger partial charge in [0.1, 0.15) is 17.1 Å². The highest BCUT2D eigenvalue weighted by molar-refractivity contribution is 7.07. The van der Waals surface area contributed by atoms with Crippen LogP contribution in [0.25, 0.3) is 22.3 Å². The van der Waals surface area contributed by atoms with E-state index >= 15 is 0 Å². The predicted octanol–water partition coefficient (Wildman–Crippen LogP) is 3.33. The van der Waals surface area contributed by atoms with Crippen molar-refractivity contribution in [1.82, 2.24) is 24.8 Å². The van der Waals surface area contributed by atoms with Crippen LogP contribution in [0.4, 0.5) is 0 Å². The number of nitrogens with one attached hydrogen (secondary N) is 1. The summed E-state index contributed by atoms with van der Waals surface area (Å²) < 4.78 is 5.42. The molecule has 5 rings (SSSR count). The minimum Gasteiger partial charge on any atom is -0.494 e. The second-order valence-corrected chi connectivity index (χ2v) is 8.21.